The van der Waals surface area contributed by atoms with Gasteiger partial charge in [-0.3, -0.25) is 0 Å². The summed E-state index contributed by atoms with van der Waals surface area (Å²) in [5, 5.41) is 11.8. The molecule has 0 aliphatic carbocycles. The number of carboxylic acid groups (broad SMARTS) is 1. The number of halogens is 1. The molecular weight excluding hydrogens is 249 g/mol. The van der Waals surface area contributed by atoms with Crippen molar-refractivity contribution in [1.29, 1.82) is 0 Å². The summed E-state index contributed by atoms with van der Waals surface area (Å²) in [6.45, 7) is 1.62. The molecule has 2 rings (SSSR count). The van der Waals surface area contributed by atoms with Crippen LogP contribution < -0.4 is 5.32 Å². The van der Waals surface area contributed by atoms with E-state index in [2.05, 4.69) is 15.3 Å². The minimum Gasteiger partial charge on any atom is -0.477 e. The van der Waals surface area contributed by atoms with E-state index in [9.17, 15) is 9.18 Å². The Morgan fingerprint density at radius 1 is 1.32 bits per heavy atom. The van der Waals surface area contributed by atoms with Crippen LogP contribution in [-0.2, 0) is 0 Å². The molecule has 0 radical (unpaired) electrons. The van der Waals surface area contributed by atoms with Gasteiger partial charge in [-0.05, 0) is 30.7 Å². The Morgan fingerprint density at radius 2 is 2.05 bits per heavy atom. The first kappa shape index (κ1) is 12.9. The topological polar surface area (TPSA) is 75.1 Å². The Bertz CT molecular complexity index is 644. The largest absolute Gasteiger partial charge is 0.477 e. The van der Waals surface area contributed by atoms with Gasteiger partial charge >= 0.3 is 5.97 Å². The molecule has 0 unspecified atom stereocenters. The van der Waals surface area contributed by atoms with Gasteiger partial charge in [0.15, 0.2) is 11.5 Å². The molecule has 0 atom stereocenters. The third-order valence-corrected chi connectivity index (χ3v) is 2.62. The molecule has 98 valence electrons. The van der Waals surface area contributed by atoms with Crippen molar-refractivity contribution in [2.24, 2.45) is 0 Å². The van der Waals surface area contributed by atoms with E-state index >= 15 is 0 Å². The maximum absolute atomic E-state index is 13.2. The van der Waals surface area contributed by atoms with Crippen LogP contribution in [0.25, 0.3) is 11.4 Å². The number of aromatic carboxylic acids is 1. The van der Waals surface area contributed by atoms with E-state index in [1.165, 1.54) is 18.2 Å². The van der Waals surface area contributed by atoms with E-state index in [1.54, 1.807) is 20.0 Å². The van der Waals surface area contributed by atoms with E-state index in [1.807, 2.05) is 0 Å². The van der Waals surface area contributed by atoms with Crippen molar-refractivity contribution in [3.8, 4) is 11.4 Å². The lowest BCUT2D eigenvalue weighted by molar-refractivity contribution is 0.0690. The summed E-state index contributed by atoms with van der Waals surface area (Å²) in [7, 11) is 1.63. The molecule has 1 aromatic heterocycles. The van der Waals surface area contributed by atoms with E-state index in [0.29, 0.717) is 16.9 Å². The zero-order chi connectivity index (χ0) is 14.0. The molecule has 0 fully saturated rings. The van der Waals surface area contributed by atoms with Gasteiger partial charge in [-0.2, -0.15) is 0 Å². The number of benzene rings is 1. The zero-order valence-corrected chi connectivity index (χ0v) is 10.4. The molecule has 1 heterocycles. The minimum absolute atomic E-state index is 0.115. The summed E-state index contributed by atoms with van der Waals surface area (Å²) in [5.41, 5.74) is 0.905. The highest BCUT2D eigenvalue weighted by Gasteiger charge is 2.12. The molecule has 6 heteroatoms. The van der Waals surface area contributed by atoms with Crippen molar-refractivity contribution in [2.45, 2.75) is 6.92 Å². The molecule has 0 aliphatic heterocycles. The summed E-state index contributed by atoms with van der Waals surface area (Å²) < 4.78 is 13.2. The predicted molar refractivity (Wildman–Crippen MR) is 68.7 cm³/mol. The molecule has 0 saturated heterocycles. The van der Waals surface area contributed by atoms with Crippen molar-refractivity contribution in [3.63, 3.8) is 0 Å². The van der Waals surface area contributed by atoms with Crippen molar-refractivity contribution in [1.82, 2.24) is 9.97 Å². The number of aromatic nitrogens is 2. The maximum atomic E-state index is 13.2. The fourth-order valence-corrected chi connectivity index (χ4v) is 1.60. The van der Waals surface area contributed by atoms with E-state index in [4.69, 9.17) is 5.11 Å². The molecule has 0 aliphatic rings. The first-order valence-electron chi connectivity index (χ1n) is 5.58. The van der Waals surface area contributed by atoms with Crippen LogP contribution in [0, 0.1) is 12.7 Å². The third-order valence-electron chi connectivity index (χ3n) is 2.62. The first-order valence-corrected chi connectivity index (χ1v) is 5.58. The van der Waals surface area contributed by atoms with Crippen LogP contribution in [0.3, 0.4) is 0 Å². The van der Waals surface area contributed by atoms with E-state index in [0.717, 1.165) is 0 Å². The van der Waals surface area contributed by atoms with Crippen LogP contribution in [0.2, 0.25) is 0 Å². The highest BCUT2D eigenvalue weighted by molar-refractivity contribution is 5.87. The van der Waals surface area contributed by atoms with Crippen molar-refractivity contribution < 1.29 is 14.3 Å². The highest BCUT2D eigenvalue weighted by Crippen LogP contribution is 2.20. The fourth-order valence-electron chi connectivity index (χ4n) is 1.60. The van der Waals surface area contributed by atoms with E-state index in [-0.39, 0.29) is 17.3 Å². The van der Waals surface area contributed by atoms with Gasteiger partial charge in [-0.15, -0.1) is 0 Å². The maximum Gasteiger partial charge on any atom is 0.354 e. The van der Waals surface area contributed by atoms with Gasteiger partial charge < -0.3 is 10.4 Å². The van der Waals surface area contributed by atoms with Crippen LogP contribution in [0.4, 0.5) is 10.2 Å². The Kier molecular flexibility index (Phi) is 3.41. The monoisotopic (exact) mass is 261 g/mol. The Morgan fingerprint density at radius 3 is 2.63 bits per heavy atom. The number of anilines is 1. The number of carboxylic acids is 1. The van der Waals surface area contributed by atoms with Gasteiger partial charge in [0.25, 0.3) is 0 Å². The third kappa shape index (κ3) is 2.67. The van der Waals surface area contributed by atoms with Gasteiger partial charge in [-0.25, -0.2) is 19.2 Å². The summed E-state index contributed by atoms with van der Waals surface area (Å²) >= 11 is 0. The number of hydrogen-bond acceptors (Lipinski definition) is 4. The quantitative estimate of drug-likeness (QED) is 0.886. The van der Waals surface area contributed by atoms with Gasteiger partial charge in [-0.1, -0.05) is 0 Å². The normalized spacial score (nSPS) is 10.3. The fraction of sp³-hybridized carbons (Fsp3) is 0.154. The van der Waals surface area contributed by atoms with Crippen molar-refractivity contribution in [2.75, 3.05) is 12.4 Å². The second kappa shape index (κ2) is 5.01. The summed E-state index contributed by atoms with van der Waals surface area (Å²) in [6, 6.07) is 5.74. The second-order valence-electron chi connectivity index (χ2n) is 3.98. The average Bonchev–Trinajstić information content (AvgIpc) is 2.41. The Labute approximate surface area is 109 Å². The molecule has 1 aromatic carbocycles. The van der Waals surface area contributed by atoms with Crippen LogP contribution in [0.5, 0.6) is 0 Å². The summed E-state index contributed by atoms with van der Waals surface area (Å²) in [4.78, 5) is 19.1. The number of aryl methyl sites for hydroxylation is 1. The summed E-state index contributed by atoms with van der Waals surface area (Å²) in [5.74, 6) is -0.831. The first-order chi connectivity index (χ1) is 9.01. The molecule has 5 nitrogen and oxygen atoms in total. The predicted octanol–water partition coefficient (Wildman–Crippen LogP) is 2.33. The van der Waals surface area contributed by atoms with Gasteiger partial charge in [0.2, 0.25) is 0 Å². The Hall–Kier alpha value is -2.50. The number of nitrogens with one attached hydrogen (secondary N) is 1. The van der Waals surface area contributed by atoms with Crippen molar-refractivity contribution in [3.05, 3.63) is 41.3 Å². The van der Waals surface area contributed by atoms with Crippen molar-refractivity contribution >= 4 is 11.8 Å². The van der Waals surface area contributed by atoms with Crippen LogP contribution >= 0.6 is 0 Å². The number of rotatable bonds is 3. The zero-order valence-electron chi connectivity index (χ0n) is 10.4. The number of hydrogen-bond donors (Lipinski definition) is 2. The van der Waals surface area contributed by atoms with E-state index < -0.39 is 5.97 Å². The van der Waals surface area contributed by atoms with Gasteiger partial charge in [0.1, 0.15) is 11.6 Å². The molecule has 0 amide bonds. The minimum atomic E-state index is -1.14. The highest BCUT2D eigenvalue weighted by atomic mass is 19.1. The lowest BCUT2D eigenvalue weighted by Gasteiger charge is -2.06. The van der Waals surface area contributed by atoms with Crippen LogP contribution in [0.1, 0.15) is 16.1 Å². The molecule has 0 spiro atoms. The average molecular weight is 261 g/mol. The molecular formula is C13H12FN3O2. The molecule has 19 heavy (non-hydrogen) atoms. The Balaban J connectivity index is 2.57. The summed E-state index contributed by atoms with van der Waals surface area (Å²) in [6.07, 6.45) is 0. The second-order valence-corrected chi connectivity index (χ2v) is 3.98. The molecule has 0 bridgehead atoms. The smallest absolute Gasteiger partial charge is 0.354 e. The van der Waals surface area contributed by atoms with Gasteiger partial charge in [0.05, 0.1) is 0 Å². The standard InChI is InChI=1S/C13H12FN3O2/c1-7-5-8(3-4-9(7)14)12-16-10(13(18)19)6-11(15-2)17-12/h3-6H,1-2H3,(H,18,19)(H,15,16,17). The van der Waals surface area contributed by atoms with Crippen LogP contribution in [0.15, 0.2) is 24.3 Å². The lowest BCUT2D eigenvalue weighted by Crippen LogP contribution is -2.06. The molecule has 2 aromatic rings. The van der Waals surface area contributed by atoms with Crippen LogP contribution in [-0.4, -0.2) is 28.1 Å². The SMILES string of the molecule is CNc1cc(C(=O)O)nc(-c2ccc(F)c(C)c2)n1. The molecule has 0 saturated carbocycles. The number of nitrogens with zero attached hydrogens (tertiary/aromatic N) is 2. The molecule has 2 N–H and O–H groups in total. The van der Waals surface area contributed by atoms with Gasteiger partial charge in [0, 0.05) is 18.7 Å². The number of carbonyl (C=O) groups is 1. The lowest BCUT2D eigenvalue weighted by atomic mass is 10.1.